The van der Waals surface area contributed by atoms with Crippen molar-refractivity contribution in [2.75, 3.05) is 19.8 Å². The van der Waals surface area contributed by atoms with Gasteiger partial charge in [0.25, 0.3) is 0 Å². The fourth-order valence-electron chi connectivity index (χ4n) is 3.02. The Bertz CT molecular complexity index is 236. The van der Waals surface area contributed by atoms with Crippen LogP contribution in [0.5, 0.6) is 0 Å². The molecular weight excluding hydrogens is 314 g/mol. The van der Waals surface area contributed by atoms with Crippen LogP contribution in [0.4, 0.5) is 0 Å². The molecule has 4 N–H and O–H groups in total. The molecule has 0 aromatic carbocycles. The van der Waals surface area contributed by atoms with E-state index < -0.39 is 5.54 Å². The molecule has 4 nitrogen and oxygen atoms in total. The highest BCUT2D eigenvalue weighted by Crippen LogP contribution is 2.22. The van der Waals surface area contributed by atoms with Gasteiger partial charge in [-0.15, -0.1) is 12.4 Å². The van der Waals surface area contributed by atoms with Crippen LogP contribution in [0, 0.1) is 0 Å². The molecule has 0 aromatic rings. The van der Waals surface area contributed by atoms with Crippen molar-refractivity contribution in [2.24, 2.45) is 5.73 Å². The lowest BCUT2D eigenvalue weighted by atomic mass is 9.85. The lowest BCUT2D eigenvalue weighted by molar-refractivity contribution is -0.0218. The summed E-state index contributed by atoms with van der Waals surface area (Å²) in [6.45, 7) is 5.09. The van der Waals surface area contributed by atoms with Crippen LogP contribution in [0.25, 0.3) is 0 Å². The molecule has 0 fully saturated rings. The van der Waals surface area contributed by atoms with Crippen LogP contribution < -0.4 is 5.73 Å². The minimum absolute atomic E-state index is 0. The van der Waals surface area contributed by atoms with Crippen LogP contribution in [0.15, 0.2) is 0 Å². The lowest BCUT2D eigenvalue weighted by Gasteiger charge is -2.36. The number of unbranched alkanes of at least 4 members (excludes halogenated alkanes) is 7. The van der Waals surface area contributed by atoms with Crippen molar-refractivity contribution < 1.29 is 14.9 Å². The molecule has 0 bridgehead atoms. The monoisotopic (exact) mass is 353 g/mol. The van der Waals surface area contributed by atoms with Crippen molar-refractivity contribution >= 4 is 12.4 Å². The highest BCUT2D eigenvalue weighted by Gasteiger charge is 2.33. The van der Waals surface area contributed by atoms with Gasteiger partial charge in [0, 0.05) is 25.4 Å². The highest BCUT2D eigenvalue weighted by molar-refractivity contribution is 5.85. The largest absolute Gasteiger partial charge is 0.396 e. The highest BCUT2D eigenvalue weighted by atomic mass is 35.5. The summed E-state index contributed by atoms with van der Waals surface area (Å²) in [5, 5.41) is 18.4. The number of hydrogen-bond donors (Lipinski definition) is 3. The maximum Gasteiger partial charge on any atom is 0.0753 e. The van der Waals surface area contributed by atoms with Crippen LogP contribution in [-0.2, 0) is 4.74 Å². The summed E-state index contributed by atoms with van der Waals surface area (Å²) in [5.41, 5.74) is 5.73. The molecule has 23 heavy (non-hydrogen) atoms. The summed E-state index contributed by atoms with van der Waals surface area (Å²) in [7, 11) is 0. The Morgan fingerprint density at radius 3 is 1.78 bits per heavy atom. The smallest absolute Gasteiger partial charge is 0.0753 e. The molecule has 0 rings (SSSR count). The quantitative estimate of drug-likeness (QED) is 0.369. The molecule has 0 spiro atoms. The maximum atomic E-state index is 9.19. The van der Waals surface area contributed by atoms with Gasteiger partial charge in [-0.25, -0.2) is 0 Å². The molecule has 0 aromatic heterocycles. The third-order valence-corrected chi connectivity index (χ3v) is 4.48. The molecule has 0 aliphatic rings. The molecule has 0 aliphatic carbocycles. The normalized spacial score (nSPS) is 12.9. The predicted octanol–water partition coefficient (Wildman–Crippen LogP) is 3.81. The molecule has 142 valence electrons. The fourth-order valence-corrected chi connectivity index (χ4v) is 3.02. The molecule has 0 aliphatic heterocycles. The zero-order valence-corrected chi connectivity index (χ0v) is 16.1. The molecule has 0 amide bonds. The van der Waals surface area contributed by atoms with Gasteiger partial charge < -0.3 is 20.7 Å². The van der Waals surface area contributed by atoms with E-state index in [1.807, 2.05) is 0 Å². The maximum absolute atomic E-state index is 9.19. The second kappa shape index (κ2) is 17.0. The Balaban J connectivity index is 0. The topological polar surface area (TPSA) is 75.7 Å². The zero-order valence-electron chi connectivity index (χ0n) is 15.3. The summed E-state index contributed by atoms with van der Waals surface area (Å²) in [5.74, 6) is 0. The van der Waals surface area contributed by atoms with Gasteiger partial charge in [-0.05, 0) is 25.7 Å². The van der Waals surface area contributed by atoms with Crippen molar-refractivity contribution in [2.45, 2.75) is 96.1 Å². The van der Waals surface area contributed by atoms with Crippen LogP contribution in [-0.4, -0.2) is 41.7 Å². The van der Waals surface area contributed by atoms with E-state index in [-0.39, 0.29) is 31.7 Å². The second-order valence-corrected chi connectivity index (χ2v) is 6.42. The number of halogens is 1. The van der Waals surface area contributed by atoms with Crippen LogP contribution >= 0.6 is 12.4 Å². The number of ether oxygens (including phenoxy) is 1. The van der Waals surface area contributed by atoms with Crippen molar-refractivity contribution in [1.29, 1.82) is 0 Å². The Morgan fingerprint density at radius 2 is 1.35 bits per heavy atom. The molecule has 0 radical (unpaired) electrons. The number of aliphatic hydroxyl groups excluding tert-OH is 2. The third kappa shape index (κ3) is 12.2. The van der Waals surface area contributed by atoms with E-state index in [0.717, 1.165) is 19.4 Å². The molecule has 1 atom stereocenters. The standard InChI is InChI=1S/C18H39NO3.ClH/c1-3-5-6-7-8-9-10-11-16-22-17(4-2)18(19,12-14-20)13-15-21;/h17,20-21H,3-16,19H2,1-2H3;1H. The van der Waals surface area contributed by atoms with E-state index in [1.54, 1.807) is 0 Å². The number of aliphatic hydroxyl groups is 2. The molecule has 0 heterocycles. The molecule has 0 saturated heterocycles. The minimum atomic E-state index is -0.613. The Hall–Kier alpha value is 0.130. The first kappa shape index (κ1) is 25.4. The first-order chi connectivity index (χ1) is 10.6. The molecule has 0 saturated carbocycles. The van der Waals surface area contributed by atoms with E-state index in [1.165, 1.54) is 44.9 Å². The van der Waals surface area contributed by atoms with Gasteiger partial charge in [0.15, 0.2) is 0 Å². The van der Waals surface area contributed by atoms with E-state index in [9.17, 15) is 10.2 Å². The van der Waals surface area contributed by atoms with Crippen LogP contribution in [0.2, 0.25) is 0 Å². The Kier molecular flexibility index (Phi) is 18.7. The minimum Gasteiger partial charge on any atom is -0.396 e. The van der Waals surface area contributed by atoms with Crippen molar-refractivity contribution in [3.05, 3.63) is 0 Å². The number of hydrogen-bond acceptors (Lipinski definition) is 4. The lowest BCUT2D eigenvalue weighted by Crippen LogP contribution is -2.53. The zero-order chi connectivity index (χ0) is 16.7. The van der Waals surface area contributed by atoms with Crippen molar-refractivity contribution in [3.8, 4) is 0 Å². The van der Waals surface area contributed by atoms with Gasteiger partial charge in [0.05, 0.1) is 6.10 Å². The van der Waals surface area contributed by atoms with Crippen molar-refractivity contribution in [1.82, 2.24) is 0 Å². The Morgan fingerprint density at radius 1 is 0.870 bits per heavy atom. The van der Waals surface area contributed by atoms with Crippen molar-refractivity contribution in [3.63, 3.8) is 0 Å². The molecule has 1 unspecified atom stereocenters. The van der Waals surface area contributed by atoms with Crippen LogP contribution in [0.1, 0.15) is 84.5 Å². The molecular formula is C18H40ClNO3. The first-order valence-corrected chi connectivity index (χ1v) is 9.26. The van der Waals surface area contributed by atoms with E-state index in [4.69, 9.17) is 10.5 Å². The number of nitrogens with two attached hydrogens (primary N) is 1. The van der Waals surface area contributed by atoms with Gasteiger partial charge in [-0.1, -0.05) is 58.8 Å². The van der Waals surface area contributed by atoms with E-state index in [2.05, 4.69) is 13.8 Å². The SMILES string of the molecule is CCCCCCCCCCOC(CC)C(N)(CCO)CCO.Cl. The Labute approximate surface area is 149 Å². The average Bonchev–Trinajstić information content (AvgIpc) is 2.49. The predicted molar refractivity (Wildman–Crippen MR) is 100 cm³/mol. The first-order valence-electron chi connectivity index (χ1n) is 9.26. The summed E-state index contributed by atoms with van der Waals surface area (Å²) < 4.78 is 5.96. The molecule has 5 heteroatoms. The summed E-state index contributed by atoms with van der Waals surface area (Å²) >= 11 is 0. The fraction of sp³-hybridized carbons (Fsp3) is 1.00. The summed E-state index contributed by atoms with van der Waals surface area (Å²) in [6, 6.07) is 0. The van der Waals surface area contributed by atoms with Gasteiger partial charge in [-0.3, -0.25) is 0 Å². The van der Waals surface area contributed by atoms with E-state index in [0.29, 0.717) is 12.8 Å². The van der Waals surface area contributed by atoms with Gasteiger partial charge in [0.1, 0.15) is 0 Å². The second-order valence-electron chi connectivity index (χ2n) is 6.42. The average molecular weight is 354 g/mol. The van der Waals surface area contributed by atoms with Crippen LogP contribution in [0.3, 0.4) is 0 Å². The number of rotatable bonds is 16. The van der Waals surface area contributed by atoms with Gasteiger partial charge >= 0.3 is 0 Å². The van der Waals surface area contributed by atoms with Gasteiger partial charge in [-0.2, -0.15) is 0 Å². The van der Waals surface area contributed by atoms with E-state index >= 15 is 0 Å². The summed E-state index contributed by atoms with van der Waals surface area (Å²) in [4.78, 5) is 0. The summed E-state index contributed by atoms with van der Waals surface area (Å²) in [6.07, 6.45) is 11.9. The third-order valence-electron chi connectivity index (χ3n) is 4.48. The van der Waals surface area contributed by atoms with Gasteiger partial charge in [0.2, 0.25) is 0 Å².